The third-order valence-electron chi connectivity index (χ3n) is 4.75. The molecule has 0 saturated carbocycles. The Morgan fingerprint density at radius 3 is 2.43 bits per heavy atom. The Morgan fingerprint density at radius 1 is 1.24 bits per heavy atom. The van der Waals surface area contributed by atoms with Gasteiger partial charge in [0.25, 0.3) is 0 Å². The first-order valence-electron chi connectivity index (χ1n) is 7.56. The predicted molar refractivity (Wildman–Crippen MR) is 81.1 cm³/mol. The van der Waals surface area contributed by atoms with Gasteiger partial charge in [0.1, 0.15) is 17.5 Å². The zero-order valence-electron chi connectivity index (χ0n) is 12.6. The summed E-state index contributed by atoms with van der Waals surface area (Å²) >= 11 is 0. The van der Waals surface area contributed by atoms with Crippen LogP contribution in [0.4, 0.5) is 0 Å². The van der Waals surface area contributed by atoms with Crippen LogP contribution in [0.3, 0.4) is 0 Å². The van der Waals surface area contributed by atoms with Gasteiger partial charge in [0, 0.05) is 13.1 Å². The highest BCUT2D eigenvalue weighted by atomic mass is 16.6. The molecule has 0 radical (unpaired) electrons. The Morgan fingerprint density at radius 2 is 1.86 bits per heavy atom. The number of hydrogen-bond donors (Lipinski definition) is 1. The van der Waals surface area contributed by atoms with Crippen LogP contribution >= 0.6 is 0 Å². The molecule has 0 aliphatic carbocycles. The number of likely N-dealkylation sites (tertiary alicyclic amines) is 1. The van der Waals surface area contributed by atoms with Crippen molar-refractivity contribution in [2.24, 2.45) is 0 Å². The monoisotopic (exact) mass is 283 g/mol. The van der Waals surface area contributed by atoms with E-state index in [2.05, 4.69) is 6.07 Å². The van der Waals surface area contributed by atoms with Crippen LogP contribution in [0.1, 0.15) is 37.3 Å². The molecule has 0 amide bonds. The summed E-state index contributed by atoms with van der Waals surface area (Å²) in [7, 11) is 0. The quantitative estimate of drug-likeness (QED) is 0.515. The number of nitrogens with zero attached hydrogens (tertiary/aromatic N) is 2. The Kier molecular flexibility index (Phi) is 3.26. The molecule has 2 unspecified atom stereocenters. The third-order valence-corrected chi connectivity index (χ3v) is 4.75. The minimum absolute atomic E-state index is 0.327. The number of epoxide rings is 1. The number of nitriles is 1. The largest absolute Gasteiger partial charge is 0.357 e. The number of ether oxygens (including phenoxy) is 1. The second kappa shape index (κ2) is 4.85. The highest BCUT2D eigenvalue weighted by Gasteiger charge is 2.73. The van der Waals surface area contributed by atoms with Crippen LogP contribution in [0.15, 0.2) is 24.3 Å². The summed E-state index contributed by atoms with van der Waals surface area (Å²) in [5.74, 6) is 0.327. The minimum Gasteiger partial charge on any atom is -0.357 e. The number of nitrogens with one attached hydrogen (secondary N) is 1. The average molecular weight is 283 g/mol. The molecule has 0 spiro atoms. The lowest BCUT2D eigenvalue weighted by atomic mass is 9.86. The van der Waals surface area contributed by atoms with Gasteiger partial charge in [0.05, 0.1) is 0 Å². The van der Waals surface area contributed by atoms with E-state index >= 15 is 0 Å². The molecule has 0 aromatic heterocycles. The van der Waals surface area contributed by atoms with Gasteiger partial charge in [-0.2, -0.15) is 5.26 Å². The second-order valence-electron chi connectivity index (χ2n) is 6.19. The number of piperidine rings is 1. The van der Waals surface area contributed by atoms with E-state index in [1.165, 1.54) is 12.0 Å². The third kappa shape index (κ3) is 2.04. The van der Waals surface area contributed by atoms with Crippen molar-refractivity contribution < 1.29 is 4.74 Å². The molecule has 3 rings (SSSR count). The summed E-state index contributed by atoms with van der Waals surface area (Å²) in [6, 6.07) is 10.3. The van der Waals surface area contributed by atoms with Crippen LogP contribution < -0.4 is 0 Å². The molecule has 2 aliphatic rings. The lowest BCUT2D eigenvalue weighted by molar-refractivity contribution is 0.289. The molecule has 1 N–H and O–H groups in total. The molecular weight excluding hydrogens is 262 g/mol. The van der Waals surface area contributed by atoms with Crippen molar-refractivity contribution in [1.29, 1.82) is 10.7 Å². The second-order valence-corrected chi connectivity index (χ2v) is 6.19. The zero-order valence-corrected chi connectivity index (χ0v) is 12.6. The van der Waals surface area contributed by atoms with Crippen molar-refractivity contribution in [2.75, 3.05) is 13.1 Å². The van der Waals surface area contributed by atoms with Crippen molar-refractivity contribution in [3.05, 3.63) is 35.4 Å². The van der Waals surface area contributed by atoms with Crippen LogP contribution in [0, 0.1) is 23.7 Å². The summed E-state index contributed by atoms with van der Waals surface area (Å²) in [5.41, 5.74) is 0.317. The summed E-state index contributed by atoms with van der Waals surface area (Å²) in [6.45, 7) is 5.66. The number of aryl methyl sites for hydroxylation is 1. The average Bonchev–Trinajstić information content (AvgIpc) is 3.16. The van der Waals surface area contributed by atoms with Crippen LogP contribution in [0.2, 0.25) is 0 Å². The van der Waals surface area contributed by atoms with Crippen molar-refractivity contribution in [3.63, 3.8) is 0 Å². The van der Waals surface area contributed by atoms with Crippen molar-refractivity contribution in [3.8, 4) is 6.07 Å². The van der Waals surface area contributed by atoms with E-state index < -0.39 is 11.2 Å². The lowest BCUT2D eigenvalue weighted by Crippen LogP contribution is -2.45. The van der Waals surface area contributed by atoms with Gasteiger partial charge >= 0.3 is 0 Å². The van der Waals surface area contributed by atoms with Crippen molar-refractivity contribution in [1.82, 2.24) is 4.90 Å². The van der Waals surface area contributed by atoms with E-state index in [1.54, 1.807) is 0 Å². The molecule has 4 heteroatoms. The van der Waals surface area contributed by atoms with Gasteiger partial charge in [0.2, 0.25) is 5.60 Å². The molecule has 21 heavy (non-hydrogen) atoms. The van der Waals surface area contributed by atoms with Gasteiger partial charge in [-0.25, -0.2) is 0 Å². The fourth-order valence-corrected chi connectivity index (χ4v) is 3.21. The van der Waals surface area contributed by atoms with Gasteiger partial charge in [-0.3, -0.25) is 5.41 Å². The number of hydrogen-bond acceptors (Lipinski definition) is 3. The molecule has 2 heterocycles. The maximum absolute atomic E-state index is 9.67. The minimum atomic E-state index is -1.13. The van der Waals surface area contributed by atoms with Crippen molar-refractivity contribution >= 4 is 5.84 Å². The van der Waals surface area contributed by atoms with E-state index in [-0.39, 0.29) is 0 Å². The Balaban J connectivity index is 1.88. The summed E-state index contributed by atoms with van der Waals surface area (Å²) < 4.78 is 5.85. The topological polar surface area (TPSA) is 63.4 Å². The summed E-state index contributed by atoms with van der Waals surface area (Å²) in [5, 5.41) is 18.1. The first-order valence-corrected chi connectivity index (χ1v) is 7.56. The summed E-state index contributed by atoms with van der Waals surface area (Å²) in [6.07, 6.45) is 3.38. The number of rotatable bonds is 2. The molecule has 2 atom stereocenters. The highest BCUT2D eigenvalue weighted by molar-refractivity contribution is 5.95. The van der Waals surface area contributed by atoms with E-state index in [1.807, 2.05) is 43.0 Å². The van der Waals surface area contributed by atoms with E-state index in [0.717, 1.165) is 31.5 Å². The summed E-state index contributed by atoms with van der Waals surface area (Å²) in [4.78, 5) is 2.01. The van der Waals surface area contributed by atoms with Gasteiger partial charge in [-0.1, -0.05) is 29.8 Å². The van der Waals surface area contributed by atoms with E-state index in [0.29, 0.717) is 5.84 Å². The van der Waals surface area contributed by atoms with Gasteiger partial charge in [0.15, 0.2) is 0 Å². The Labute approximate surface area is 125 Å². The van der Waals surface area contributed by atoms with E-state index in [9.17, 15) is 5.26 Å². The number of amidine groups is 1. The molecule has 0 bridgehead atoms. The fourth-order valence-electron chi connectivity index (χ4n) is 3.21. The maximum atomic E-state index is 9.67. The molecule has 110 valence electrons. The first-order chi connectivity index (χ1) is 10.0. The molecule has 4 nitrogen and oxygen atoms in total. The smallest absolute Gasteiger partial charge is 0.245 e. The molecular formula is C17H21N3O. The molecule has 2 saturated heterocycles. The standard InChI is InChI=1S/C17H21N3O/c1-13-6-8-14(9-7-13)16(2)17(12-18,21-16)15(19)20-10-4-3-5-11-20/h6-9,19H,3-5,10-11H2,1-2H3. The molecule has 1 aromatic rings. The Bertz CT molecular complexity index is 597. The van der Waals surface area contributed by atoms with E-state index in [4.69, 9.17) is 10.1 Å². The van der Waals surface area contributed by atoms with Gasteiger partial charge < -0.3 is 9.64 Å². The first kappa shape index (κ1) is 14.1. The van der Waals surface area contributed by atoms with Crippen molar-refractivity contribution in [2.45, 2.75) is 44.3 Å². The van der Waals surface area contributed by atoms with Crippen LogP contribution in [-0.2, 0) is 10.3 Å². The van der Waals surface area contributed by atoms with Gasteiger partial charge in [-0.15, -0.1) is 0 Å². The predicted octanol–water partition coefficient (Wildman–Crippen LogP) is 2.97. The zero-order chi connectivity index (χ0) is 15.1. The highest BCUT2D eigenvalue weighted by Crippen LogP contribution is 2.56. The van der Waals surface area contributed by atoms with Crippen LogP contribution in [0.5, 0.6) is 0 Å². The SMILES string of the molecule is Cc1ccc(C2(C)OC2(C#N)C(=N)N2CCCCC2)cc1. The van der Waals surface area contributed by atoms with Crippen LogP contribution in [-0.4, -0.2) is 29.4 Å². The van der Waals surface area contributed by atoms with Crippen LogP contribution in [0.25, 0.3) is 0 Å². The van der Waals surface area contributed by atoms with Gasteiger partial charge in [-0.05, 0) is 38.7 Å². The molecule has 2 aliphatic heterocycles. The fraction of sp³-hybridized carbons (Fsp3) is 0.529. The Hall–Kier alpha value is -1.86. The lowest BCUT2D eigenvalue weighted by Gasteiger charge is -2.30. The normalized spacial score (nSPS) is 31.6. The molecule has 1 aromatic carbocycles. The maximum Gasteiger partial charge on any atom is 0.245 e. The number of benzene rings is 1. The molecule has 2 fully saturated rings.